The Kier molecular flexibility index (Phi) is 6.56. The number of benzene rings is 1. The number of ether oxygens (including phenoxy) is 1. The van der Waals surface area contributed by atoms with Gasteiger partial charge in [-0.25, -0.2) is 0 Å². The van der Waals surface area contributed by atoms with Crippen LogP contribution in [0.2, 0.25) is 0 Å². The van der Waals surface area contributed by atoms with Crippen molar-refractivity contribution in [3.8, 4) is 11.5 Å². The summed E-state index contributed by atoms with van der Waals surface area (Å²) in [6.45, 7) is 2.68. The standard InChI is InChI=1S/C29H37N3O8/c1-28(7-6-8-28)32(4)12-14-11-17(33)19-15(24(14)40-5)9-13-10-16-21(31(2)3)23(35)20(27(30)38)26(37)29(16,39)25(36)18(13)22(19)34/h11,13,16,21,33,35-36,39H,6-10,12H2,1-5H3,(H2,30,38)/t13-,16-,21-,29-/m0/s1. The SMILES string of the molecule is COc1c(CN(C)C2(C)CCC2)cc(O)c2c1C[C@H]1C[C@H]3[C@H](N(C)C)C(O)=C(C(N)=O)C(=O)[C@@]3(O)C(O)=C1C2=O. The maximum Gasteiger partial charge on any atom is 0.255 e. The topological polar surface area (TPSA) is 174 Å². The number of likely N-dealkylation sites (N-methyl/N-ethyl adjacent to an activating group) is 1. The van der Waals surface area contributed by atoms with Crippen molar-refractivity contribution in [3.05, 3.63) is 45.4 Å². The summed E-state index contributed by atoms with van der Waals surface area (Å²) < 4.78 is 5.80. The molecule has 4 atom stereocenters. The molecule has 1 amide bonds. The Morgan fingerprint density at radius 1 is 1.18 bits per heavy atom. The Balaban J connectivity index is 1.64. The maximum atomic E-state index is 13.9. The van der Waals surface area contributed by atoms with Gasteiger partial charge in [-0.05, 0) is 72.2 Å². The van der Waals surface area contributed by atoms with E-state index in [9.17, 15) is 34.8 Å². The minimum atomic E-state index is -2.66. The summed E-state index contributed by atoms with van der Waals surface area (Å²) in [4.78, 5) is 43.1. The number of methoxy groups -OCH3 is 1. The average Bonchev–Trinajstić information content (AvgIpc) is 2.84. The number of hydrogen-bond donors (Lipinski definition) is 5. The number of rotatable bonds is 6. The van der Waals surface area contributed by atoms with Crippen molar-refractivity contribution in [3.63, 3.8) is 0 Å². The average molecular weight is 556 g/mol. The number of allylic oxidation sites excluding steroid dienone is 1. The summed E-state index contributed by atoms with van der Waals surface area (Å²) in [7, 11) is 6.71. The van der Waals surface area contributed by atoms with Crippen molar-refractivity contribution in [1.29, 1.82) is 0 Å². The molecule has 0 spiro atoms. The summed E-state index contributed by atoms with van der Waals surface area (Å²) in [6.07, 6.45) is 3.48. The number of nitrogens with two attached hydrogens (primary N) is 1. The van der Waals surface area contributed by atoms with Crippen LogP contribution in [0.3, 0.4) is 0 Å². The van der Waals surface area contributed by atoms with Gasteiger partial charge in [-0.15, -0.1) is 0 Å². The highest BCUT2D eigenvalue weighted by molar-refractivity contribution is 6.24. The van der Waals surface area contributed by atoms with Crippen LogP contribution in [0.5, 0.6) is 11.5 Å². The third-order valence-corrected chi connectivity index (χ3v) is 9.71. The fourth-order valence-corrected chi connectivity index (χ4v) is 7.25. The highest BCUT2D eigenvalue weighted by Gasteiger charge is 2.63. The zero-order valence-corrected chi connectivity index (χ0v) is 23.4. The molecule has 0 aliphatic heterocycles. The number of ketones is 2. The molecule has 0 unspecified atom stereocenters. The van der Waals surface area contributed by atoms with Gasteiger partial charge in [-0.1, -0.05) is 0 Å². The normalized spacial score (nSPS) is 29.2. The Hall–Kier alpha value is -3.41. The number of aliphatic hydroxyl groups excluding tert-OH is 2. The molecule has 0 radical (unpaired) electrons. The van der Waals surface area contributed by atoms with Crippen molar-refractivity contribution < 1.29 is 39.5 Å². The lowest BCUT2D eigenvalue weighted by molar-refractivity contribution is -0.148. The van der Waals surface area contributed by atoms with Gasteiger partial charge in [-0.3, -0.25) is 24.2 Å². The molecule has 216 valence electrons. The molecule has 40 heavy (non-hydrogen) atoms. The van der Waals surface area contributed by atoms with E-state index >= 15 is 0 Å². The number of aliphatic hydroxyl groups is 3. The van der Waals surface area contributed by atoms with Gasteiger partial charge < -0.3 is 30.9 Å². The van der Waals surface area contributed by atoms with Crippen LogP contribution in [0.25, 0.3) is 0 Å². The second kappa shape index (κ2) is 9.32. The fraction of sp³-hybridized carbons (Fsp3) is 0.552. The number of carbonyl (C=O) groups is 3. The van der Waals surface area contributed by atoms with Crippen LogP contribution in [0.4, 0.5) is 0 Å². The number of amides is 1. The molecule has 0 aromatic heterocycles. The van der Waals surface area contributed by atoms with Gasteiger partial charge in [0.25, 0.3) is 5.91 Å². The van der Waals surface area contributed by atoms with Crippen LogP contribution in [0.1, 0.15) is 54.1 Å². The summed E-state index contributed by atoms with van der Waals surface area (Å²) in [5, 5.41) is 45.1. The van der Waals surface area contributed by atoms with E-state index in [4.69, 9.17) is 10.5 Å². The Morgan fingerprint density at radius 3 is 2.35 bits per heavy atom. The third-order valence-electron chi connectivity index (χ3n) is 9.71. The first-order valence-corrected chi connectivity index (χ1v) is 13.5. The molecular weight excluding hydrogens is 518 g/mol. The number of carbonyl (C=O) groups excluding carboxylic acids is 3. The fourth-order valence-electron chi connectivity index (χ4n) is 7.25. The number of aromatic hydroxyl groups is 1. The Labute approximate surface area is 232 Å². The molecular formula is C29H37N3O8. The molecule has 1 saturated carbocycles. The van der Waals surface area contributed by atoms with E-state index in [1.54, 1.807) is 14.1 Å². The molecule has 0 heterocycles. The second-order valence-electron chi connectivity index (χ2n) is 12.1. The molecule has 1 aromatic carbocycles. The lowest BCUT2D eigenvalue weighted by Crippen LogP contribution is -2.63. The van der Waals surface area contributed by atoms with Gasteiger partial charge in [-0.2, -0.15) is 0 Å². The zero-order valence-electron chi connectivity index (χ0n) is 23.4. The lowest BCUT2D eigenvalue weighted by atomic mass is 9.58. The first kappa shape index (κ1) is 28.1. The van der Waals surface area contributed by atoms with Crippen molar-refractivity contribution in [1.82, 2.24) is 9.80 Å². The predicted octanol–water partition coefficient (Wildman–Crippen LogP) is 1.50. The van der Waals surface area contributed by atoms with Gasteiger partial charge in [0.2, 0.25) is 5.78 Å². The van der Waals surface area contributed by atoms with E-state index in [2.05, 4.69) is 11.8 Å². The number of primary amides is 1. The largest absolute Gasteiger partial charge is 0.510 e. The van der Waals surface area contributed by atoms with Crippen LogP contribution in [0.15, 0.2) is 28.7 Å². The van der Waals surface area contributed by atoms with E-state index in [0.29, 0.717) is 17.9 Å². The molecule has 0 saturated heterocycles. The summed E-state index contributed by atoms with van der Waals surface area (Å²) in [5.41, 5.74) is 2.89. The van der Waals surface area contributed by atoms with Crippen LogP contribution in [-0.4, -0.2) is 93.1 Å². The van der Waals surface area contributed by atoms with Gasteiger partial charge in [0.1, 0.15) is 28.6 Å². The van der Waals surface area contributed by atoms with Crippen LogP contribution in [-0.2, 0) is 22.6 Å². The smallest absolute Gasteiger partial charge is 0.255 e. The molecule has 11 heteroatoms. The van der Waals surface area contributed by atoms with Gasteiger partial charge >= 0.3 is 0 Å². The highest BCUT2D eigenvalue weighted by Crippen LogP contribution is 2.53. The number of hydrogen-bond acceptors (Lipinski definition) is 10. The first-order valence-electron chi connectivity index (χ1n) is 13.5. The molecule has 6 N–H and O–H groups in total. The molecule has 11 nitrogen and oxygen atoms in total. The maximum absolute atomic E-state index is 13.9. The molecule has 4 aliphatic carbocycles. The predicted molar refractivity (Wildman–Crippen MR) is 144 cm³/mol. The van der Waals surface area contributed by atoms with E-state index in [0.717, 1.165) is 24.8 Å². The summed E-state index contributed by atoms with van der Waals surface area (Å²) >= 11 is 0. The number of phenolic OH excluding ortho intramolecular Hbond substituents is 1. The third kappa shape index (κ3) is 3.71. The quantitative estimate of drug-likeness (QED) is 0.324. The summed E-state index contributed by atoms with van der Waals surface area (Å²) in [6, 6.07) is 0.454. The minimum absolute atomic E-state index is 0.0257. The Bertz CT molecular complexity index is 1390. The number of Topliss-reactive ketones (excluding diaryl/α,β-unsaturated/α-hetero) is 2. The van der Waals surface area contributed by atoms with Crippen molar-refractivity contribution in [2.24, 2.45) is 17.6 Å². The highest BCUT2D eigenvalue weighted by atomic mass is 16.5. The number of phenols is 1. The molecule has 4 aliphatic rings. The van der Waals surface area contributed by atoms with E-state index in [1.807, 2.05) is 7.05 Å². The van der Waals surface area contributed by atoms with E-state index < -0.39 is 58.0 Å². The zero-order chi connectivity index (χ0) is 29.5. The van der Waals surface area contributed by atoms with Crippen molar-refractivity contribution in [2.45, 2.75) is 62.8 Å². The van der Waals surface area contributed by atoms with Crippen LogP contribution >= 0.6 is 0 Å². The lowest BCUT2D eigenvalue weighted by Gasteiger charge is -2.50. The molecule has 1 fully saturated rings. The molecule has 0 bridgehead atoms. The number of nitrogens with zero attached hydrogens (tertiary/aromatic N) is 2. The Morgan fingerprint density at radius 2 is 1.82 bits per heavy atom. The van der Waals surface area contributed by atoms with Gasteiger partial charge in [0, 0.05) is 34.7 Å². The molecule has 5 rings (SSSR count). The van der Waals surface area contributed by atoms with Crippen LogP contribution in [0, 0.1) is 11.8 Å². The van der Waals surface area contributed by atoms with Crippen LogP contribution < -0.4 is 10.5 Å². The van der Waals surface area contributed by atoms with Gasteiger partial charge in [0.05, 0.1) is 18.7 Å². The first-order chi connectivity index (χ1) is 18.7. The molecule has 1 aromatic rings. The van der Waals surface area contributed by atoms with E-state index in [-0.39, 0.29) is 35.3 Å². The van der Waals surface area contributed by atoms with Crippen molar-refractivity contribution in [2.75, 3.05) is 28.3 Å². The monoisotopic (exact) mass is 555 g/mol. The van der Waals surface area contributed by atoms with Gasteiger partial charge in [0.15, 0.2) is 11.4 Å². The van der Waals surface area contributed by atoms with Crippen molar-refractivity contribution >= 4 is 17.5 Å². The minimum Gasteiger partial charge on any atom is -0.510 e. The number of fused-ring (bicyclic) bond motifs is 3. The van der Waals surface area contributed by atoms with E-state index in [1.165, 1.54) is 18.1 Å². The summed E-state index contributed by atoms with van der Waals surface area (Å²) in [5.74, 6) is -6.27. The second-order valence-corrected chi connectivity index (χ2v) is 12.1.